The van der Waals surface area contributed by atoms with Crippen LogP contribution in [-0.2, 0) is 29.8 Å². The Morgan fingerprint density at radius 1 is 0.490 bits per heavy atom. The van der Waals surface area contributed by atoms with E-state index in [0.29, 0.717) is 18.2 Å². The summed E-state index contributed by atoms with van der Waals surface area (Å²) in [5.41, 5.74) is 2.76. The average molecular weight is 694 g/mol. The molecule has 0 aliphatic carbocycles. The summed E-state index contributed by atoms with van der Waals surface area (Å²) in [6, 6.07) is 33.4. The molecule has 0 fully saturated rings. The molecular weight excluding hydrogens is 642 g/mol. The van der Waals surface area contributed by atoms with Crippen LogP contribution in [0, 0.1) is 0 Å². The monoisotopic (exact) mass is 693 g/mol. The molecule has 4 aromatic carbocycles. The smallest absolute Gasteiger partial charge is 0.124 e. The molecule has 10 nitrogen and oxygen atoms in total. The predicted octanol–water partition coefficient (Wildman–Crippen LogP) is 3.00. The van der Waals surface area contributed by atoms with Crippen molar-refractivity contribution in [2.75, 3.05) is 63.4 Å². The third-order valence-corrected chi connectivity index (χ3v) is 6.98. The lowest BCUT2D eigenvalue weighted by Gasteiger charge is -2.23. The van der Waals surface area contributed by atoms with Crippen LogP contribution in [0.15, 0.2) is 114 Å². The lowest BCUT2D eigenvalue weighted by atomic mass is 10.1. The number of carboxylic acid groups (broad SMARTS) is 2. The van der Waals surface area contributed by atoms with Crippen LogP contribution in [0.4, 0.5) is 0 Å². The van der Waals surface area contributed by atoms with Gasteiger partial charge in [-0.25, -0.2) is 8.42 Å². The zero-order valence-corrected chi connectivity index (χ0v) is 30.9. The third kappa shape index (κ3) is 20.6. The van der Waals surface area contributed by atoms with E-state index >= 15 is 0 Å². The number of quaternary nitrogens is 3. The minimum Gasteiger partial charge on any atom is -0.744 e. The Bertz CT molecular complexity index is 1540. The minimum atomic E-state index is -4.95. The van der Waals surface area contributed by atoms with Gasteiger partial charge in [0.25, 0.3) is 0 Å². The van der Waals surface area contributed by atoms with E-state index in [2.05, 4.69) is 154 Å². The highest BCUT2D eigenvalue weighted by Gasteiger charge is 2.09. The number of hydrogen-bond donors (Lipinski definition) is 0. The van der Waals surface area contributed by atoms with Crippen LogP contribution >= 0.6 is 0 Å². The molecule has 0 atom stereocenters. The molecule has 0 amide bonds. The fraction of sp³-hybridized carbons (Fsp3) is 0.316. The molecule has 0 N–H and O–H groups in total. The van der Waals surface area contributed by atoms with E-state index in [1.165, 1.54) is 16.7 Å². The second-order valence-corrected chi connectivity index (χ2v) is 16.0. The maximum atomic E-state index is 10.6. The zero-order chi connectivity index (χ0) is 37.5. The van der Waals surface area contributed by atoms with Gasteiger partial charge < -0.3 is 37.8 Å². The van der Waals surface area contributed by atoms with Crippen LogP contribution in [-0.4, -0.2) is 102 Å². The van der Waals surface area contributed by atoms with Crippen molar-refractivity contribution in [2.45, 2.75) is 24.5 Å². The third-order valence-electron chi connectivity index (χ3n) is 6.17. The molecule has 0 heterocycles. The Labute approximate surface area is 292 Å². The van der Waals surface area contributed by atoms with Gasteiger partial charge in [-0.2, -0.15) is 0 Å². The molecule has 0 aromatic heterocycles. The quantitative estimate of drug-likeness (QED) is 0.194. The highest BCUT2D eigenvalue weighted by atomic mass is 32.2. The van der Waals surface area contributed by atoms with Crippen molar-refractivity contribution in [3.63, 3.8) is 0 Å². The molecule has 4 aromatic rings. The molecular formula is C38H51N3O7S. The lowest BCUT2D eigenvalue weighted by molar-refractivity contribution is -0.884. The second kappa shape index (κ2) is 19.0. The summed E-state index contributed by atoms with van der Waals surface area (Å²) >= 11 is 0. The summed E-state index contributed by atoms with van der Waals surface area (Å²) in [7, 11) is 14.9. The van der Waals surface area contributed by atoms with Crippen molar-refractivity contribution in [1.82, 2.24) is 0 Å². The zero-order valence-electron chi connectivity index (χ0n) is 30.1. The van der Waals surface area contributed by atoms with Gasteiger partial charge in [-0.15, -0.1) is 0 Å². The number of carbonyl (C=O) groups excluding carboxylic acids is 2. The van der Waals surface area contributed by atoms with E-state index in [1.54, 1.807) is 0 Å². The number of benzene rings is 4. The normalized spacial score (nSPS) is 11.4. The van der Waals surface area contributed by atoms with Crippen molar-refractivity contribution in [3.8, 4) is 0 Å². The Hall–Kier alpha value is -4.39. The first-order valence-electron chi connectivity index (χ1n) is 15.5. The molecule has 0 bridgehead atoms. The topological polar surface area (TPSA) is 137 Å². The van der Waals surface area contributed by atoms with Gasteiger partial charge in [0.15, 0.2) is 0 Å². The molecule has 0 saturated heterocycles. The number of hydrogen-bond acceptors (Lipinski definition) is 7. The molecule has 0 unspecified atom stereocenters. The Balaban J connectivity index is 0.000000332. The van der Waals surface area contributed by atoms with Crippen LogP contribution < -0.4 is 10.2 Å². The molecule has 4 rings (SSSR count). The Morgan fingerprint density at radius 2 is 0.735 bits per heavy atom. The van der Waals surface area contributed by atoms with Crippen molar-refractivity contribution >= 4 is 22.1 Å². The molecule has 266 valence electrons. The van der Waals surface area contributed by atoms with Crippen molar-refractivity contribution < 1.29 is 46.2 Å². The molecule has 0 aliphatic heterocycles. The molecule has 0 spiro atoms. The van der Waals surface area contributed by atoms with Crippen molar-refractivity contribution in [3.05, 3.63) is 137 Å². The van der Waals surface area contributed by atoms with Crippen molar-refractivity contribution in [1.29, 1.82) is 0 Å². The highest BCUT2D eigenvalue weighted by Crippen LogP contribution is 2.14. The SMILES string of the molecule is C[N+](C)(C)Cc1ccccc1.C[N+](C)(C)Cc1ccccc1.C[N+](C)(C)Cc1ccccc1.O=C([O-])c1cc(C(=O)[O-])cc(S(=O)(=O)[O-])c1. The van der Waals surface area contributed by atoms with Gasteiger partial charge in [0.05, 0.1) is 80.3 Å². The van der Waals surface area contributed by atoms with E-state index in [1.807, 2.05) is 0 Å². The summed E-state index contributed by atoms with van der Waals surface area (Å²) in [4.78, 5) is 19.9. The van der Waals surface area contributed by atoms with E-state index in [0.717, 1.165) is 33.1 Å². The van der Waals surface area contributed by atoms with Crippen molar-refractivity contribution in [2.24, 2.45) is 0 Å². The maximum Gasteiger partial charge on any atom is 0.124 e. The number of carbonyl (C=O) groups is 2. The largest absolute Gasteiger partial charge is 0.744 e. The predicted molar refractivity (Wildman–Crippen MR) is 188 cm³/mol. The van der Waals surface area contributed by atoms with Crippen LogP contribution in [0.2, 0.25) is 0 Å². The van der Waals surface area contributed by atoms with E-state index in [4.69, 9.17) is 0 Å². The van der Waals surface area contributed by atoms with Gasteiger partial charge in [-0.1, -0.05) is 91.0 Å². The van der Waals surface area contributed by atoms with E-state index < -0.39 is 38.1 Å². The lowest BCUT2D eigenvalue weighted by Crippen LogP contribution is -2.33. The minimum absolute atomic E-state index is 0.518. The first-order valence-corrected chi connectivity index (χ1v) is 16.9. The second-order valence-electron chi connectivity index (χ2n) is 14.6. The first-order chi connectivity index (χ1) is 22.4. The fourth-order valence-electron chi connectivity index (χ4n) is 4.37. The van der Waals surface area contributed by atoms with Gasteiger partial charge >= 0.3 is 0 Å². The molecule has 0 saturated carbocycles. The number of aromatic carboxylic acids is 2. The Morgan fingerprint density at radius 3 is 0.918 bits per heavy atom. The summed E-state index contributed by atoms with van der Waals surface area (Å²) in [6.07, 6.45) is 0. The molecule has 0 aliphatic rings. The maximum absolute atomic E-state index is 10.6. The number of nitrogens with zero attached hydrogens (tertiary/aromatic N) is 3. The van der Waals surface area contributed by atoms with Gasteiger partial charge in [0.2, 0.25) is 0 Å². The standard InChI is InChI=1S/3C10H16N.C8H6O7S/c3*1-11(2,3)9-10-7-5-4-6-8-10;9-7(10)4-1-5(8(11)12)3-6(2-4)16(13,14)15/h3*4-8H,9H2,1-3H3;1-3H,(H,9,10)(H,11,12)(H,13,14,15)/q3*+1;/p-3. The number of carboxylic acids is 2. The molecule has 11 heteroatoms. The summed E-state index contributed by atoms with van der Waals surface area (Å²) in [5, 5.41) is 20.9. The fourth-order valence-corrected chi connectivity index (χ4v) is 4.92. The molecule has 0 radical (unpaired) electrons. The average Bonchev–Trinajstić information content (AvgIpc) is 2.96. The van der Waals surface area contributed by atoms with Gasteiger partial charge in [-0.05, 0) is 29.3 Å². The van der Waals surface area contributed by atoms with Crippen LogP contribution in [0.1, 0.15) is 37.4 Å². The van der Waals surface area contributed by atoms with Gasteiger partial charge in [-0.3, -0.25) is 0 Å². The summed E-state index contributed by atoms with van der Waals surface area (Å²) < 4.78 is 34.8. The van der Waals surface area contributed by atoms with Crippen LogP contribution in [0.25, 0.3) is 0 Å². The Kier molecular flexibility index (Phi) is 16.5. The summed E-state index contributed by atoms with van der Waals surface area (Å²) in [6.45, 7) is 3.29. The summed E-state index contributed by atoms with van der Waals surface area (Å²) in [5.74, 6) is -3.60. The van der Waals surface area contributed by atoms with Crippen LogP contribution in [0.5, 0.6) is 0 Å². The highest BCUT2D eigenvalue weighted by molar-refractivity contribution is 7.85. The van der Waals surface area contributed by atoms with E-state index in [9.17, 15) is 32.8 Å². The number of rotatable bonds is 9. The van der Waals surface area contributed by atoms with Gasteiger partial charge in [0.1, 0.15) is 29.8 Å². The van der Waals surface area contributed by atoms with Gasteiger partial charge in [0, 0.05) is 16.7 Å². The van der Waals surface area contributed by atoms with E-state index in [-0.39, 0.29) is 0 Å². The van der Waals surface area contributed by atoms with Crippen LogP contribution in [0.3, 0.4) is 0 Å². The molecule has 49 heavy (non-hydrogen) atoms. The first kappa shape index (κ1) is 42.6.